The van der Waals surface area contributed by atoms with Gasteiger partial charge in [0, 0.05) is 32.3 Å². The molecular weight excluding hydrogens is 292 g/mol. The average molecular weight is 313 g/mol. The standard InChI is InChI=1S/C15H21F2N3O2/c1-10-5-6-13(20(10)15(16)17)14(22)19-7-3-4-12(9-19)8-18-11(2)21/h5-6,12,15H,3-4,7-9H2,1-2H3,(H,18,21)/t12-/m0/s1. The van der Waals surface area contributed by atoms with Crippen molar-refractivity contribution in [2.24, 2.45) is 5.92 Å². The largest absolute Gasteiger partial charge is 0.356 e. The first-order valence-electron chi connectivity index (χ1n) is 7.40. The molecule has 1 atom stereocenters. The third-order valence-electron chi connectivity index (χ3n) is 3.98. The number of rotatable bonds is 4. The Labute approximate surface area is 128 Å². The van der Waals surface area contributed by atoms with Crippen LogP contribution in [0.2, 0.25) is 0 Å². The number of aryl methyl sites for hydroxylation is 1. The molecule has 0 saturated carbocycles. The molecule has 7 heteroatoms. The minimum atomic E-state index is -2.73. The van der Waals surface area contributed by atoms with Gasteiger partial charge in [-0.2, -0.15) is 8.78 Å². The molecule has 0 unspecified atom stereocenters. The number of carbonyl (C=O) groups excluding carboxylic acids is 2. The summed E-state index contributed by atoms with van der Waals surface area (Å²) in [6, 6.07) is 2.97. The molecule has 1 aliphatic heterocycles. The lowest BCUT2D eigenvalue weighted by atomic mass is 9.97. The highest BCUT2D eigenvalue weighted by Gasteiger charge is 2.28. The Morgan fingerprint density at radius 2 is 2.14 bits per heavy atom. The van der Waals surface area contributed by atoms with Crippen LogP contribution in [0.1, 0.15) is 42.5 Å². The Bertz CT molecular complexity index is 557. The van der Waals surface area contributed by atoms with Crippen LogP contribution in [0.3, 0.4) is 0 Å². The van der Waals surface area contributed by atoms with Gasteiger partial charge in [-0.3, -0.25) is 14.2 Å². The van der Waals surface area contributed by atoms with Crippen molar-refractivity contribution >= 4 is 11.8 Å². The molecule has 122 valence electrons. The zero-order valence-electron chi connectivity index (χ0n) is 12.8. The van der Waals surface area contributed by atoms with E-state index in [9.17, 15) is 18.4 Å². The maximum Gasteiger partial charge on any atom is 0.319 e. The van der Waals surface area contributed by atoms with Gasteiger partial charge in [-0.25, -0.2) is 0 Å². The summed E-state index contributed by atoms with van der Waals surface area (Å²) in [5, 5.41) is 2.75. The van der Waals surface area contributed by atoms with Gasteiger partial charge in [-0.1, -0.05) is 0 Å². The molecule has 1 aromatic heterocycles. The Morgan fingerprint density at radius 3 is 2.77 bits per heavy atom. The van der Waals surface area contributed by atoms with Crippen molar-refractivity contribution in [2.75, 3.05) is 19.6 Å². The van der Waals surface area contributed by atoms with Crippen molar-refractivity contribution < 1.29 is 18.4 Å². The topological polar surface area (TPSA) is 54.3 Å². The summed E-state index contributed by atoms with van der Waals surface area (Å²) >= 11 is 0. The molecule has 1 N–H and O–H groups in total. The molecule has 0 aromatic carbocycles. The number of piperidine rings is 1. The van der Waals surface area contributed by atoms with E-state index in [1.54, 1.807) is 11.8 Å². The SMILES string of the molecule is CC(=O)NC[C@@H]1CCCN(C(=O)c2ccc(C)n2C(F)F)C1. The summed E-state index contributed by atoms with van der Waals surface area (Å²) in [7, 11) is 0. The second-order valence-corrected chi connectivity index (χ2v) is 5.70. The summed E-state index contributed by atoms with van der Waals surface area (Å²) in [6.07, 6.45) is 1.73. The van der Waals surface area contributed by atoms with Gasteiger partial charge in [0.15, 0.2) is 0 Å². The lowest BCUT2D eigenvalue weighted by Crippen LogP contribution is -2.44. The van der Waals surface area contributed by atoms with E-state index in [-0.39, 0.29) is 23.4 Å². The van der Waals surface area contributed by atoms with E-state index in [4.69, 9.17) is 0 Å². The van der Waals surface area contributed by atoms with Crippen LogP contribution in [0.5, 0.6) is 0 Å². The predicted molar refractivity (Wildman–Crippen MR) is 77.7 cm³/mol. The molecule has 1 aromatic rings. The molecule has 1 aliphatic rings. The van der Waals surface area contributed by atoms with Crippen LogP contribution in [0.25, 0.3) is 0 Å². The van der Waals surface area contributed by atoms with E-state index in [1.165, 1.54) is 19.1 Å². The number of amides is 2. The van der Waals surface area contributed by atoms with Gasteiger partial charge in [0.2, 0.25) is 5.91 Å². The number of hydrogen-bond acceptors (Lipinski definition) is 2. The number of likely N-dealkylation sites (tertiary alicyclic amines) is 1. The Kier molecular flexibility index (Phi) is 5.15. The van der Waals surface area contributed by atoms with Crippen molar-refractivity contribution in [1.82, 2.24) is 14.8 Å². The predicted octanol–water partition coefficient (Wildman–Crippen LogP) is 2.18. The molecule has 0 radical (unpaired) electrons. The summed E-state index contributed by atoms with van der Waals surface area (Å²) in [5.74, 6) is -0.316. The number of alkyl halides is 2. The minimum Gasteiger partial charge on any atom is -0.356 e. The summed E-state index contributed by atoms with van der Waals surface area (Å²) in [4.78, 5) is 25.1. The molecule has 0 bridgehead atoms. The third-order valence-corrected chi connectivity index (χ3v) is 3.98. The van der Waals surface area contributed by atoms with E-state index in [1.807, 2.05) is 0 Å². The van der Waals surface area contributed by atoms with Crippen LogP contribution in [0, 0.1) is 12.8 Å². The molecular formula is C15H21F2N3O2. The van der Waals surface area contributed by atoms with Gasteiger partial charge in [-0.15, -0.1) is 0 Å². The zero-order valence-corrected chi connectivity index (χ0v) is 12.8. The Hall–Kier alpha value is -1.92. The summed E-state index contributed by atoms with van der Waals surface area (Å²) < 4.78 is 26.9. The summed E-state index contributed by atoms with van der Waals surface area (Å²) in [5.41, 5.74) is 0.387. The van der Waals surface area contributed by atoms with Gasteiger partial charge in [0.25, 0.3) is 5.91 Å². The second-order valence-electron chi connectivity index (χ2n) is 5.70. The third kappa shape index (κ3) is 3.64. The fourth-order valence-corrected chi connectivity index (χ4v) is 2.85. The number of halogens is 2. The molecule has 0 aliphatic carbocycles. The maximum atomic E-state index is 13.1. The highest BCUT2D eigenvalue weighted by Crippen LogP contribution is 2.23. The van der Waals surface area contributed by atoms with Crippen molar-refractivity contribution in [3.63, 3.8) is 0 Å². The van der Waals surface area contributed by atoms with Crippen LogP contribution >= 0.6 is 0 Å². The first-order valence-corrected chi connectivity index (χ1v) is 7.40. The van der Waals surface area contributed by atoms with Gasteiger partial charge in [0.05, 0.1) is 0 Å². The lowest BCUT2D eigenvalue weighted by molar-refractivity contribution is -0.119. The van der Waals surface area contributed by atoms with E-state index in [0.717, 1.165) is 17.4 Å². The normalized spacial score (nSPS) is 18.6. The van der Waals surface area contributed by atoms with Crippen LogP contribution in [0.15, 0.2) is 12.1 Å². The van der Waals surface area contributed by atoms with Gasteiger partial charge in [0.1, 0.15) is 5.69 Å². The fourth-order valence-electron chi connectivity index (χ4n) is 2.85. The molecule has 5 nitrogen and oxygen atoms in total. The Morgan fingerprint density at radius 1 is 1.41 bits per heavy atom. The Balaban J connectivity index is 2.07. The number of aromatic nitrogens is 1. The molecule has 2 heterocycles. The molecule has 0 spiro atoms. The highest BCUT2D eigenvalue weighted by atomic mass is 19.3. The zero-order chi connectivity index (χ0) is 16.3. The van der Waals surface area contributed by atoms with E-state index >= 15 is 0 Å². The monoisotopic (exact) mass is 313 g/mol. The average Bonchev–Trinajstić information content (AvgIpc) is 2.86. The quantitative estimate of drug-likeness (QED) is 0.926. The minimum absolute atomic E-state index is 0.0210. The highest BCUT2D eigenvalue weighted by molar-refractivity contribution is 5.93. The maximum absolute atomic E-state index is 13.1. The van der Waals surface area contributed by atoms with Crippen molar-refractivity contribution in [1.29, 1.82) is 0 Å². The van der Waals surface area contributed by atoms with Crippen molar-refractivity contribution in [2.45, 2.75) is 33.2 Å². The van der Waals surface area contributed by atoms with Crippen LogP contribution < -0.4 is 5.32 Å². The van der Waals surface area contributed by atoms with Gasteiger partial charge < -0.3 is 10.2 Å². The number of nitrogens with one attached hydrogen (secondary N) is 1. The van der Waals surface area contributed by atoms with Crippen LogP contribution in [-0.4, -0.2) is 40.9 Å². The fraction of sp³-hybridized carbons (Fsp3) is 0.600. The van der Waals surface area contributed by atoms with E-state index in [2.05, 4.69) is 5.32 Å². The number of hydrogen-bond donors (Lipinski definition) is 1. The molecule has 22 heavy (non-hydrogen) atoms. The van der Waals surface area contributed by atoms with Crippen LogP contribution in [0.4, 0.5) is 8.78 Å². The van der Waals surface area contributed by atoms with Crippen LogP contribution in [-0.2, 0) is 4.79 Å². The lowest BCUT2D eigenvalue weighted by Gasteiger charge is -2.33. The molecule has 1 saturated heterocycles. The van der Waals surface area contributed by atoms with E-state index < -0.39 is 6.55 Å². The molecule has 1 fully saturated rings. The summed E-state index contributed by atoms with van der Waals surface area (Å²) in [6.45, 7) is 1.82. The molecule has 2 rings (SSSR count). The van der Waals surface area contributed by atoms with Gasteiger partial charge in [-0.05, 0) is 37.8 Å². The van der Waals surface area contributed by atoms with E-state index in [0.29, 0.717) is 25.3 Å². The number of carbonyl (C=O) groups is 2. The van der Waals surface area contributed by atoms with Gasteiger partial charge >= 0.3 is 6.55 Å². The first-order chi connectivity index (χ1) is 10.4. The first kappa shape index (κ1) is 16.5. The second kappa shape index (κ2) is 6.89. The number of nitrogens with zero attached hydrogens (tertiary/aromatic N) is 2. The molecule has 2 amide bonds. The smallest absolute Gasteiger partial charge is 0.319 e. The van der Waals surface area contributed by atoms with Crippen molar-refractivity contribution in [3.8, 4) is 0 Å². The van der Waals surface area contributed by atoms with Crippen molar-refractivity contribution in [3.05, 3.63) is 23.5 Å².